The fourth-order valence-corrected chi connectivity index (χ4v) is 2.51. The Labute approximate surface area is 103 Å². The molecule has 0 radical (unpaired) electrons. The SMILES string of the molecule is CN1CCC(C(F)c2ccc(CCN)cc2)C1. The Kier molecular flexibility index (Phi) is 4.13. The number of nitrogens with two attached hydrogens (primary N) is 1. The van der Waals surface area contributed by atoms with Crippen molar-refractivity contribution in [1.29, 1.82) is 0 Å². The summed E-state index contributed by atoms with van der Waals surface area (Å²) < 4.78 is 14.3. The van der Waals surface area contributed by atoms with Gasteiger partial charge in [-0.15, -0.1) is 0 Å². The Morgan fingerprint density at radius 2 is 2.12 bits per heavy atom. The average Bonchev–Trinajstić information content (AvgIpc) is 2.76. The van der Waals surface area contributed by atoms with Crippen LogP contribution < -0.4 is 5.73 Å². The molecule has 94 valence electrons. The molecule has 2 rings (SSSR count). The third-order valence-electron chi connectivity index (χ3n) is 3.57. The summed E-state index contributed by atoms with van der Waals surface area (Å²) in [5.41, 5.74) is 7.49. The largest absolute Gasteiger partial charge is 0.330 e. The van der Waals surface area contributed by atoms with Crippen LogP contribution in [0.5, 0.6) is 0 Å². The normalized spacial score (nSPS) is 22.9. The van der Waals surface area contributed by atoms with Crippen molar-refractivity contribution in [2.75, 3.05) is 26.7 Å². The predicted molar refractivity (Wildman–Crippen MR) is 68.7 cm³/mol. The lowest BCUT2D eigenvalue weighted by molar-refractivity contribution is 0.232. The number of nitrogens with zero attached hydrogens (tertiary/aromatic N) is 1. The van der Waals surface area contributed by atoms with Gasteiger partial charge in [-0.3, -0.25) is 0 Å². The summed E-state index contributed by atoms with van der Waals surface area (Å²) >= 11 is 0. The van der Waals surface area contributed by atoms with E-state index in [-0.39, 0.29) is 5.92 Å². The highest BCUT2D eigenvalue weighted by atomic mass is 19.1. The first-order valence-electron chi connectivity index (χ1n) is 6.32. The molecule has 1 fully saturated rings. The van der Waals surface area contributed by atoms with E-state index in [0.29, 0.717) is 6.54 Å². The first-order valence-corrected chi connectivity index (χ1v) is 6.32. The van der Waals surface area contributed by atoms with E-state index < -0.39 is 6.17 Å². The Hall–Kier alpha value is -0.930. The minimum Gasteiger partial charge on any atom is -0.330 e. The number of alkyl halides is 1. The van der Waals surface area contributed by atoms with Gasteiger partial charge in [0.15, 0.2) is 0 Å². The van der Waals surface area contributed by atoms with Gasteiger partial charge in [-0.25, -0.2) is 4.39 Å². The minimum atomic E-state index is -0.827. The van der Waals surface area contributed by atoms with Gasteiger partial charge in [0.25, 0.3) is 0 Å². The van der Waals surface area contributed by atoms with E-state index in [4.69, 9.17) is 5.73 Å². The molecule has 0 amide bonds. The van der Waals surface area contributed by atoms with Crippen molar-refractivity contribution in [2.45, 2.75) is 19.0 Å². The van der Waals surface area contributed by atoms with E-state index in [1.165, 1.54) is 5.56 Å². The first-order chi connectivity index (χ1) is 8.20. The number of halogens is 1. The summed E-state index contributed by atoms with van der Waals surface area (Å²) in [4.78, 5) is 2.19. The van der Waals surface area contributed by atoms with Gasteiger partial charge >= 0.3 is 0 Å². The molecule has 0 aromatic heterocycles. The van der Waals surface area contributed by atoms with Gasteiger partial charge < -0.3 is 10.6 Å². The molecule has 0 saturated carbocycles. The molecule has 0 aliphatic carbocycles. The van der Waals surface area contributed by atoms with Crippen LogP contribution in [0.1, 0.15) is 23.7 Å². The predicted octanol–water partition coefficient (Wildman–Crippen LogP) is 2.15. The second-order valence-corrected chi connectivity index (χ2v) is 4.99. The van der Waals surface area contributed by atoms with Crippen molar-refractivity contribution in [1.82, 2.24) is 4.90 Å². The van der Waals surface area contributed by atoms with E-state index in [2.05, 4.69) is 11.9 Å². The monoisotopic (exact) mass is 236 g/mol. The molecule has 1 heterocycles. The van der Waals surface area contributed by atoms with Crippen LogP contribution in [0.2, 0.25) is 0 Å². The summed E-state index contributed by atoms with van der Waals surface area (Å²) in [7, 11) is 2.05. The highest BCUT2D eigenvalue weighted by molar-refractivity contribution is 5.25. The topological polar surface area (TPSA) is 29.3 Å². The van der Waals surface area contributed by atoms with Gasteiger partial charge in [-0.2, -0.15) is 0 Å². The molecule has 0 spiro atoms. The van der Waals surface area contributed by atoms with Crippen LogP contribution in [0.25, 0.3) is 0 Å². The zero-order valence-corrected chi connectivity index (χ0v) is 10.4. The van der Waals surface area contributed by atoms with Crippen LogP contribution in [0.4, 0.5) is 4.39 Å². The van der Waals surface area contributed by atoms with Gasteiger partial charge in [0.05, 0.1) is 0 Å². The second kappa shape index (κ2) is 5.61. The van der Waals surface area contributed by atoms with E-state index >= 15 is 0 Å². The molecule has 0 bridgehead atoms. The Morgan fingerprint density at radius 1 is 1.41 bits per heavy atom. The zero-order chi connectivity index (χ0) is 12.3. The Bertz CT molecular complexity index is 350. The highest BCUT2D eigenvalue weighted by Crippen LogP contribution is 2.32. The summed E-state index contributed by atoms with van der Waals surface area (Å²) in [6.07, 6.45) is 0.998. The summed E-state index contributed by atoms with van der Waals surface area (Å²) in [5, 5.41) is 0. The van der Waals surface area contributed by atoms with Crippen molar-refractivity contribution in [3.05, 3.63) is 35.4 Å². The Morgan fingerprint density at radius 3 is 2.65 bits per heavy atom. The molecular weight excluding hydrogens is 215 g/mol. The molecule has 2 N–H and O–H groups in total. The quantitative estimate of drug-likeness (QED) is 0.868. The van der Waals surface area contributed by atoms with Crippen LogP contribution in [-0.4, -0.2) is 31.6 Å². The minimum absolute atomic E-state index is 0.153. The molecule has 1 aromatic carbocycles. The number of hydrogen-bond donors (Lipinski definition) is 1. The van der Waals surface area contributed by atoms with E-state index in [1.54, 1.807) is 0 Å². The smallest absolute Gasteiger partial charge is 0.129 e. The van der Waals surface area contributed by atoms with Crippen LogP contribution >= 0.6 is 0 Å². The number of rotatable bonds is 4. The van der Waals surface area contributed by atoms with Crippen LogP contribution in [0.15, 0.2) is 24.3 Å². The van der Waals surface area contributed by atoms with Crippen molar-refractivity contribution < 1.29 is 4.39 Å². The van der Waals surface area contributed by atoms with Gasteiger partial charge in [0, 0.05) is 12.5 Å². The number of likely N-dealkylation sites (tertiary alicyclic amines) is 1. The van der Waals surface area contributed by atoms with Gasteiger partial charge in [-0.1, -0.05) is 24.3 Å². The Balaban J connectivity index is 2.01. The van der Waals surface area contributed by atoms with Crippen molar-refractivity contribution >= 4 is 0 Å². The van der Waals surface area contributed by atoms with Gasteiger partial charge in [0.1, 0.15) is 6.17 Å². The molecule has 1 aliphatic heterocycles. The molecule has 2 atom stereocenters. The van der Waals surface area contributed by atoms with Gasteiger partial charge in [-0.05, 0) is 44.1 Å². The van der Waals surface area contributed by atoms with E-state index in [9.17, 15) is 4.39 Å². The van der Waals surface area contributed by atoms with E-state index in [0.717, 1.165) is 31.5 Å². The fourth-order valence-electron chi connectivity index (χ4n) is 2.51. The zero-order valence-electron chi connectivity index (χ0n) is 10.4. The molecule has 1 aliphatic rings. The van der Waals surface area contributed by atoms with Gasteiger partial charge in [0.2, 0.25) is 0 Å². The molecule has 17 heavy (non-hydrogen) atoms. The third kappa shape index (κ3) is 3.05. The van der Waals surface area contributed by atoms with Crippen molar-refractivity contribution in [3.63, 3.8) is 0 Å². The summed E-state index contributed by atoms with van der Waals surface area (Å²) in [6.45, 7) is 2.52. The maximum absolute atomic E-state index is 14.3. The maximum Gasteiger partial charge on any atom is 0.129 e. The number of benzene rings is 1. The highest BCUT2D eigenvalue weighted by Gasteiger charge is 2.28. The fraction of sp³-hybridized carbons (Fsp3) is 0.571. The molecular formula is C14H21FN2. The van der Waals surface area contributed by atoms with Crippen LogP contribution in [-0.2, 0) is 6.42 Å². The number of hydrogen-bond acceptors (Lipinski definition) is 2. The standard InChI is InChI=1S/C14H21FN2/c1-17-9-7-13(10-17)14(15)12-4-2-11(3-5-12)6-8-16/h2-5,13-14H,6-10,16H2,1H3. The summed E-state index contributed by atoms with van der Waals surface area (Å²) in [5.74, 6) is 0.153. The lowest BCUT2D eigenvalue weighted by Gasteiger charge is -2.16. The summed E-state index contributed by atoms with van der Waals surface area (Å²) in [6, 6.07) is 7.81. The maximum atomic E-state index is 14.3. The molecule has 1 aromatic rings. The van der Waals surface area contributed by atoms with Crippen molar-refractivity contribution in [2.24, 2.45) is 11.7 Å². The third-order valence-corrected chi connectivity index (χ3v) is 3.57. The first kappa shape index (κ1) is 12.5. The van der Waals surface area contributed by atoms with Crippen LogP contribution in [0, 0.1) is 5.92 Å². The van der Waals surface area contributed by atoms with Crippen LogP contribution in [0.3, 0.4) is 0 Å². The average molecular weight is 236 g/mol. The van der Waals surface area contributed by atoms with E-state index in [1.807, 2.05) is 24.3 Å². The lowest BCUT2D eigenvalue weighted by atomic mass is 9.95. The van der Waals surface area contributed by atoms with Crippen molar-refractivity contribution in [3.8, 4) is 0 Å². The lowest BCUT2D eigenvalue weighted by Crippen LogP contribution is -2.16. The molecule has 2 unspecified atom stereocenters. The molecule has 3 heteroatoms. The second-order valence-electron chi connectivity index (χ2n) is 4.99. The molecule has 2 nitrogen and oxygen atoms in total. The molecule has 1 saturated heterocycles.